The maximum Gasteiger partial charge on any atom is 0.338 e. The molecule has 0 saturated carbocycles. The van der Waals surface area contributed by atoms with Crippen molar-refractivity contribution in [2.24, 2.45) is 0 Å². The Kier molecular flexibility index (Phi) is 2.61. The number of carbonyl (C=O) groups excluding carboxylic acids is 2. The van der Waals surface area contributed by atoms with Crippen LogP contribution in [0.15, 0.2) is 34.9 Å². The van der Waals surface area contributed by atoms with E-state index in [4.69, 9.17) is 21.4 Å². The fourth-order valence-corrected chi connectivity index (χ4v) is 2.59. The van der Waals surface area contributed by atoms with Crippen LogP contribution in [0.25, 0.3) is 0 Å². The number of carboxylic acid groups (broad SMARTS) is 1. The van der Waals surface area contributed by atoms with Crippen molar-refractivity contribution >= 4 is 29.1 Å². The molecule has 0 bridgehead atoms. The highest BCUT2D eigenvalue weighted by Gasteiger charge is 2.63. The molecular weight excluding hydrogens is 284 g/mol. The SMILES string of the molecule is CC1(C(=O)O)OC1C1=C(Cl)C(=O)c2ccccc2C1=O. The molecule has 1 heterocycles. The molecule has 1 aliphatic heterocycles. The second kappa shape index (κ2) is 4.01. The van der Waals surface area contributed by atoms with Crippen molar-refractivity contribution in [1.82, 2.24) is 0 Å². The Morgan fingerprint density at radius 1 is 1.25 bits per heavy atom. The molecule has 2 atom stereocenters. The number of allylic oxidation sites excluding steroid dienone is 1. The van der Waals surface area contributed by atoms with E-state index < -0.39 is 29.2 Å². The number of rotatable bonds is 2. The van der Waals surface area contributed by atoms with E-state index in [0.29, 0.717) is 0 Å². The van der Waals surface area contributed by atoms with Crippen LogP contribution in [0.3, 0.4) is 0 Å². The Balaban J connectivity index is 2.10. The highest BCUT2D eigenvalue weighted by Crippen LogP contribution is 2.46. The van der Waals surface area contributed by atoms with E-state index in [-0.39, 0.29) is 21.7 Å². The van der Waals surface area contributed by atoms with E-state index in [1.807, 2.05) is 0 Å². The van der Waals surface area contributed by atoms with Gasteiger partial charge in [0.2, 0.25) is 5.78 Å². The first-order valence-corrected chi connectivity index (χ1v) is 6.25. The van der Waals surface area contributed by atoms with Crippen LogP contribution in [0.2, 0.25) is 0 Å². The zero-order valence-corrected chi connectivity index (χ0v) is 11.1. The standard InChI is InChI=1S/C14H9ClO5/c1-14(13(18)19)12(20-14)8-9(15)11(17)7-5-3-2-4-6(7)10(8)16/h2-5,12H,1H3,(H,18,19). The van der Waals surface area contributed by atoms with Crippen molar-refractivity contribution in [2.45, 2.75) is 18.6 Å². The molecule has 0 radical (unpaired) electrons. The number of halogens is 1. The molecule has 2 aliphatic rings. The quantitative estimate of drug-likeness (QED) is 0.840. The minimum absolute atomic E-state index is 0.0692. The monoisotopic (exact) mass is 292 g/mol. The van der Waals surface area contributed by atoms with Crippen molar-refractivity contribution in [3.05, 3.63) is 46.0 Å². The van der Waals surface area contributed by atoms with Crippen LogP contribution in [0.5, 0.6) is 0 Å². The molecular formula is C14H9ClO5. The average molecular weight is 293 g/mol. The number of fused-ring (bicyclic) bond motifs is 1. The minimum atomic E-state index is -1.50. The summed E-state index contributed by atoms with van der Waals surface area (Å²) in [5, 5.41) is 8.80. The molecule has 2 unspecified atom stereocenters. The Bertz CT molecular complexity index is 705. The number of epoxide rings is 1. The number of ether oxygens (including phenoxy) is 1. The van der Waals surface area contributed by atoms with Crippen LogP contribution in [0, 0.1) is 0 Å². The van der Waals surface area contributed by atoms with E-state index in [0.717, 1.165) is 0 Å². The smallest absolute Gasteiger partial charge is 0.338 e. The minimum Gasteiger partial charge on any atom is -0.479 e. The fourth-order valence-electron chi connectivity index (χ4n) is 2.31. The zero-order chi connectivity index (χ0) is 14.7. The molecule has 1 N–H and O–H groups in total. The predicted molar refractivity (Wildman–Crippen MR) is 68.9 cm³/mol. The number of benzene rings is 1. The third-order valence-electron chi connectivity index (χ3n) is 3.59. The molecule has 5 nitrogen and oxygen atoms in total. The van der Waals surface area contributed by atoms with Crippen molar-refractivity contribution in [3.63, 3.8) is 0 Å². The summed E-state index contributed by atoms with van der Waals surface area (Å²) in [4.78, 5) is 35.6. The third-order valence-corrected chi connectivity index (χ3v) is 3.96. The Morgan fingerprint density at radius 3 is 2.30 bits per heavy atom. The highest BCUT2D eigenvalue weighted by molar-refractivity contribution is 6.50. The summed E-state index contributed by atoms with van der Waals surface area (Å²) in [6, 6.07) is 6.29. The Morgan fingerprint density at radius 2 is 1.80 bits per heavy atom. The predicted octanol–water partition coefficient (Wildman–Crippen LogP) is 1.80. The summed E-state index contributed by atoms with van der Waals surface area (Å²) in [6.07, 6.45) is -0.989. The van der Waals surface area contributed by atoms with Gasteiger partial charge in [0.1, 0.15) is 6.10 Å². The molecule has 1 aliphatic carbocycles. The van der Waals surface area contributed by atoms with Gasteiger partial charge in [-0.05, 0) is 6.92 Å². The lowest BCUT2D eigenvalue weighted by atomic mass is 9.85. The van der Waals surface area contributed by atoms with Gasteiger partial charge in [-0.15, -0.1) is 0 Å². The summed E-state index contributed by atoms with van der Waals surface area (Å²) < 4.78 is 5.09. The van der Waals surface area contributed by atoms with E-state index in [1.165, 1.54) is 19.1 Å². The van der Waals surface area contributed by atoms with Gasteiger partial charge in [0.15, 0.2) is 11.4 Å². The first-order chi connectivity index (χ1) is 9.38. The van der Waals surface area contributed by atoms with E-state index in [2.05, 4.69) is 0 Å². The van der Waals surface area contributed by atoms with Gasteiger partial charge in [0, 0.05) is 11.1 Å². The topological polar surface area (TPSA) is 84.0 Å². The maximum absolute atomic E-state index is 12.4. The lowest BCUT2D eigenvalue weighted by Crippen LogP contribution is -2.29. The maximum atomic E-state index is 12.4. The van der Waals surface area contributed by atoms with E-state index >= 15 is 0 Å². The summed E-state index contributed by atoms with van der Waals surface area (Å²) >= 11 is 5.96. The summed E-state index contributed by atoms with van der Waals surface area (Å²) in [5.41, 5.74) is -1.12. The molecule has 3 rings (SSSR count). The second-order valence-electron chi connectivity index (χ2n) is 4.84. The molecule has 0 amide bonds. The van der Waals surface area contributed by atoms with Gasteiger partial charge in [-0.25, -0.2) is 4.79 Å². The van der Waals surface area contributed by atoms with Crippen LogP contribution < -0.4 is 0 Å². The van der Waals surface area contributed by atoms with Gasteiger partial charge < -0.3 is 9.84 Å². The fraction of sp³-hybridized carbons (Fsp3) is 0.214. The van der Waals surface area contributed by atoms with E-state index in [9.17, 15) is 14.4 Å². The number of carboxylic acids is 1. The van der Waals surface area contributed by atoms with Crippen molar-refractivity contribution in [2.75, 3.05) is 0 Å². The molecule has 0 aromatic heterocycles. The Hall–Kier alpha value is -1.98. The molecule has 1 aromatic carbocycles. The molecule has 6 heteroatoms. The summed E-state index contributed by atoms with van der Waals surface area (Å²) in [6.45, 7) is 1.34. The van der Waals surface area contributed by atoms with Gasteiger partial charge in [-0.1, -0.05) is 35.9 Å². The molecule has 1 aromatic rings. The second-order valence-corrected chi connectivity index (χ2v) is 5.22. The molecule has 102 valence electrons. The average Bonchev–Trinajstić information content (AvgIpc) is 3.10. The van der Waals surface area contributed by atoms with Crippen molar-refractivity contribution in [3.8, 4) is 0 Å². The van der Waals surface area contributed by atoms with E-state index in [1.54, 1.807) is 12.1 Å². The number of aliphatic carboxylic acids is 1. The normalized spacial score (nSPS) is 28.4. The highest BCUT2D eigenvalue weighted by atomic mass is 35.5. The summed E-state index contributed by atoms with van der Waals surface area (Å²) in [5.74, 6) is -2.14. The number of hydrogen-bond donors (Lipinski definition) is 1. The number of hydrogen-bond acceptors (Lipinski definition) is 4. The number of Topliss-reactive ketones (excluding diaryl/α,β-unsaturated/α-hetero) is 2. The molecule has 20 heavy (non-hydrogen) atoms. The first-order valence-electron chi connectivity index (χ1n) is 5.87. The van der Waals surface area contributed by atoms with Crippen LogP contribution in [-0.4, -0.2) is 34.3 Å². The lowest BCUT2D eigenvalue weighted by Gasteiger charge is -2.16. The van der Waals surface area contributed by atoms with Gasteiger partial charge in [-0.3, -0.25) is 9.59 Å². The van der Waals surface area contributed by atoms with Gasteiger partial charge in [0.05, 0.1) is 10.6 Å². The molecule has 0 spiro atoms. The molecule has 1 saturated heterocycles. The van der Waals surface area contributed by atoms with Crippen LogP contribution in [-0.2, 0) is 9.53 Å². The van der Waals surface area contributed by atoms with Crippen LogP contribution in [0.4, 0.5) is 0 Å². The van der Waals surface area contributed by atoms with Gasteiger partial charge in [-0.2, -0.15) is 0 Å². The molecule has 1 fully saturated rings. The first kappa shape index (κ1) is 13.0. The van der Waals surface area contributed by atoms with Gasteiger partial charge in [0.25, 0.3) is 0 Å². The van der Waals surface area contributed by atoms with Gasteiger partial charge >= 0.3 is 5.97 Å². The third kappa shape index (κ3) is 1.57. The summed E-state index contributed by atoms with van der Waals surface area (Å²) in [7, 11) is 0. The Labute approximate surface area is 118 Å². The lowest BCUT2D eigenvalue weighted by molar-refractivity contribution is -0.142. The van der Waals surface area contributed by atoms with Crippen molar-refractivity contribution in [1.29, 1.82) is 0 Å². The zero-order valence-electron chi connectivity index (χ0n) is 10.3. The largest absolute Gasteiger partial charge is 0.479 e. The number of carbonyl (C=O) groups is 3. The van der Waals surface area contributed by atoms with Crippen LogP contribution in [0.1, 0.15) is 27.6 Å². The number of ketones is 2. The van der Waals surface area contributed by atoms with Crippen molar-refractivity contribution < 1.29 is 24.2 Å². The van der Waals surface area contributed by atoms with Crippen LogP contribution >= 0.6 is 11.6 Å².